The molecule has 2 rings (SSSR count). The van der Waals surface area contributed by atoms with Crippen molar-refractivity contribution < 1.29 is 14.5 Å². The van der Waals surface area contributed by atoms with Gasteiger partial charge in [0.25, 0.3) is 11.6 Å². The van der Waals surface area contributed by atoms with Crippen LogP contribution in [-0.2, 0) is 11.2 Å². The number of nitro groups is 1. The number of ether oxygens (including phenoxy) is 1. The third-order valence-corrected chi connectivity index (χ3v) is 3.87. The SMILES string of the molecule is CCc1ccc(OCC(=O)NN=Cc2cccc([N+](=O)[O-])c2)c(Br)c1. The molecule has 0 aliphatic heterocycles. The number of benzene rings is 2. The maximum Gasteiger partial charge on any atom is 0.277 e. The minimum absolute atomic E-state index is 0.0426. The fourth-order valence-electron chi connectivity index (χ4n) is 1.95. The van der Waals surface area contributed by atoms with E-state index in [1.54, 1.807) is 18.2 Å². The van der Waals surface area contributed by atoms with Crippen molar-refractivity contribution in [1.29, 1.82) is 0 Å². The zero-order chi connectivity index (χ0) is 18.2. The number of rotatable bonds is 7. The van der Waals surface area contributed by atoms with Gasteiger partial charge in [-0.3, -0.25) is 14.9 Å². The molecule has 0 spiro atoms. The number of amides is 1. The lowest BCUT2D eigenvalue weighted by Gasteiger charge is -2.08. The summed E-state index contributed by atoms with van der Waals surface area (Å²) in [5, 5.41) is 14.5. The Labute approximate surface area is 153 Å². The predicted octanol–water partition coefficient (Wildman–Crippen LogP) is 3.45. The van der Waals surface area contributed by atoms with Crippen molar-refractivity contribution in [3.05, 3.63) is 68.2 Å². The summed E-state index contributed by atoms with van der Waals surface area (Å²) in [4.78, 5) is 21.9. The molecule has 0 aromatic heterocycles. The van der Waals surface area contributed by atoms with Gasteiger partial charge >= 0.3 is 0 Å². The first-order valence-corrected chi connectivity index (χ1v) is 8.26. The number of hydrazone groups is 1. The van der Waals surface area contributed by atoms with E-state index in [-0.39, 0.29) is 12.3 Å². The number of halogens is 1. The molecule has 0 radical (unpaired) electrons. The fourth-order valence-corrected chi connectivity index (χ4v) is 2.50. The summed E-state index contributed by atoms with van der Waals surface area (Å²) < 4.78 is 6.21. The molecule has 1 amide bonds. The Morgan fingerprint density at radius 2 is 2.16 bits per heavy atom. The first kappa shape index (κ1) is 18.6. The van der Waals surface area contributed by atoms with Gasteiger partial charge in [0.2, 0.25) is 0 Å². The van der Waals surface area contributed by atoms with Crippen LogP contribution < -0.4 is 10.2 Å². The van der Waals surface area contributed by atoms with E-state index in [1.165, 1.54) is 18.3 Å². The topological polar surface area (TPSA) is 93.8 Å². The van der Waals surface area contributed by atoms with Gasteiger partial charge in [-0.05, 0) is 40.0 Å². The first-order chi connectivity index (χ1) is 12.0. The summed E-state index contributed by atoms with van der Waals surface area (Å²) in [5.41, 5.74) is 3.94. The molecular weight excluding hydrogens is 390 g/mol. The van der Waals surface area contributed by atoms with Crippen molar-refractivity contribution in [2.75, 3.05) is 6.61 Å². The molecule has 7 nitrogen and oxygen atoms in total. The van der Waals surface area contributed by atoms with Crippen LogP contribution >= 0.6 is 15.9 Å². The summed E-state index contributed by atoms with van der Waals surface area (Å²) in [6.45, 7) is 1.85. The van der Waals surface area contributed by atoms with Crippen molar-refractivity contribution in [2.24, 2.45) is 5.10 Å². The average Bonchev–Trinajstić information content (AvgIpc) is 2.60. The Bertz CT molecular complexity index is 808. The van der Waals surface area contributed by atoms with Gasteiger partial charge in [0, 0.05) is 17.7 Å². The Balaban J connectivity index is 1.86. The lowest BCUT2D eigenvalue weighted by atomic mass is 10.2. The van der Waals surface area contributed by atoms with Crippen molar-refractivity contribution in [3.8, 4) is 5.75 Å². The Hall–Kier alpha value is -2.74. The zero-order valence-corrected chi connectivity index (χ0v) is 15.0. The molecule has 8 heteroatoms. The normalized spacial score (nSPS) is 10.6. The van der Waals surface area contributed by atoms with Crippen molar-refractivity contribution in [2.45, 2.75) is 13.3 Å². The van der Waals surface area contributed by atoms with Gasteiger partial charge in [-0.15, -0.1) is 0 Å². The maximum atomic E-state index is 11.7. The summed E-state index contributed by atoms with van der Waals surface area (Å²) in [5.74, 6) is 0.128. The second kappa shape index (κ2) is 8.93. The number of hydrogen-bond acceptors (Lipinski definition) is 5. The fraction of sp³-hybridized carbons (Fsp3) is 0.176. The van der Waals surface area contributed by atoms with Crippen LogP contribution in [0.2, 0.25) is 0 Å². The maximum absolute atomic E-state index is 11.7. The van der Waals surface area contributed by atoms with Gasteiger partial charge < -0.3 is 4.74 Å². The third-order valence-electron chi connectivity index (χ3n) is 3.25. The highest BCUT2D eigenvalue weighted by Gasteiger charge is 2.06. The smallest absolute Gasteiger partial charge is 0.277 e. The minimum Gasteiger partial charge on any atom is -0.483 e. The van der Waals surface area contributed by atoms with Crippen LogP contribution in [0.3, 0.4) is 0 Å². The highest BCUT2D eigenvalue weighted by molar-refractivity contribution is 9.10. The summed E-state index contributed by atoms with van der Waals surface area (Å²) in [6, 6.07) is 11.6. The van der Waals surface area contributed by atoms with Gasteiger partial charge in [-0.1, -0.05) is 25.1 Å². The van der Waals surface area contributed by atoms with E-state index in [0.29, 0.717) is 11.3 Å². The van der Waals surface area contributed by atoms with Crippen molar-refractivity contribution in [1.82, 2.24) is 5.43 Å². The molecule has 1 N–H and O–H groups in total. The third kappa shape index (κ3) is 5.68. The summed E-state index contributed by atoms with van der Waals surface area (Å²) in [6.07, 6.45) is 2.24. The molecule has 0 aliphatic carbocycles. The molecule has 2 aromatic carbocycles. The molecule has 0 saturated carbocycles. The number of non-ortho nitro benzene ring substituents is 1. The van der Waals surface area contributed by atoms with E-state index >= 15 is 0 Å². The molecule has 130 valence electrons. The molecule has 0 saturated heterocycles. The Morgan fingerprint density at radius 1 is 1.36 bits per heavy atom. The summed E-state index contributed by atoms with van der Waals surface area (Å²) >= 11 is 3.40. The standard InChI is InChI=1S/C17H16BrN3O4/c1-2-12-6-7-16(15(18)9-12)25-11-17(22)20-19-10-13-4-3-5-14(8-13)21(23)24/h3-10H,2,11H2,1H3,(H,20,22). The number of hydrogen-bond donors (Lipinski definition) is 1. The molecule has 25 heavy (non-hydrogen) atoms. The van der Waals surface area contributed by atoms with E-state index in [2.05, 4.69) is 33.4 Å². The van der Waals surface area contributed by atoms with E-state index < -0.39 is 10.8 Å². The minimum atomic E-state index is -0.495. The van der Waals surface area contributed by atoms with Gasteiger partial charge in [0.05, 0.1) is 15.6 Å². The Morgan fingerprint density at radius 3 is 2.84 bits per heavy atom. The Kier molecular flexibility index (Phi) is 6.64. The second-order valence-electron chi connectivity index (χ2n) is 5.05. The lowest BCUT2D eigenvalue weighted by molar-refractivity contribution is -0.384. The van der Waals surface area contributed by atoms with E-state index in [9.17, 15) is 14.9 Å². The zero-order valence-electron chi connectivity index (χ0n) is 13.4. The highest BCUT2D eigenvalue weighted by atomic mass is 79.9. The van der Waals surface area contributed by atoms with Crippen LogP contribution in [0.1, 0.15) is 18.1 Å². The van der Waals surface area contributed by atoms with Crippen molar-refractivity contribution in [3.63, 3.8) is 0 Å². The number of nitro benzene ring substituents is 1. The van der Waals surface area contributed by atoms with Crippen LogP contribution in [0.5, 0.6) is 5.75 Å². The molecule has 0 aliphatic rings. The number of carbonyl (C=O) groups excluding carboxylic acids is 1. The van der Waals surface area contributed by atoms with Gasteiger partial charge in [0.1, 0.15) is 5.75 Å². The van der Waals surface area contributed by atoms with Crippen LogP contribution in [0.4, 0.5) is 5.69 Å². The van der Waals surface area contributed by atoms with Gasteiger partial charge in [-0.2, -0.15) is 5.10 Å². The molecule has 0 atom stereocenters. The van der Waals surface area contributed by atoms with E-state index in [4.69, 9.17) is 4.74 Å². The first-order valence-electron chi connectivity index (χ1n) is 7.47. The molecule has 0 bridgehead atoms. The average molecular weight is 406 g/mol. The second-order valence-corrected chi connectivity index (χ2v) is 5.91. The largest absolute Gasteiger partial charge is 0.483 e. The quantitative estimate of drug-likeness (QED) is 0.433. The molecule has 0 fully saturated rings. The molecular formula is C17H16BrN3O4. The van der Waals surface area contributed by atoms with Crippen LogP contribution in [0, 0.1) is 10.1 Å². The van der Waals surface area contributed by atoms with Crippen LogP contribution in [0.25, 0.3) is 0 Å². The van der Waals surface area contributed by atoms with Gasteiger partial charge in [-0.25, -0.2) is 5.43 Å². The van der Waals surface area contributed by atoms with Crippen LogP contribution in [-0.4, -0.2) is 23.7 Å². The van der Waals surface area contributed by atoms with Crippen LogP contribution in [0.15, 0.2) is 52.0 Å². The van der Waals surface area contributed by atoms with Gasteiger partial charge in [0.15, 0.2) is 6.61 Å². The molecule has 0 unspecified atom stereocenters. The lowest BCUT2D eigenvalue weighted by Crippen LogP contribution is -2.24. The number of carbonyl (C=O) groups is 1. The highest BCUT2D eigenvalue weighted by Crippen LogP contribution is 2.26. The monoisotopic (exact) mass is 405 g/mol. The molecule has 0 heterocycles. The van der Waals surface area contributed by atoms with E-state index in [1.807, 2.05) is 12.1 Å². The molecule has 2 aromatic rings. The predicted molar refractivity (Wildman–Crippen MR) is 97.8 cm³/mol. The number of nitrogens with one attached hydrogen (secondary N) is 1. The summed E-state index contributed by atoms with van der Waals surface area (Å²) in [7, 11) is 0. The number of aryl methyl sites for hydroxylation is 1. The van der Waals surface area contributed by atoms with E-state index in [0.717, 1.165) is 16.5 Å². The van der Waals surface area contributed by atoms with Crippen molar-refractivity contribution >= 4 is 33.7 Å². The number of nitrogens with zero attached hydrogens (tertiary/aromatic N) is 2.